The number of anilines is 1. The van der Waals surface area contributed by atoms with Crippen LogP contribution in [0.2, 0.25) is 0 Å². The average Bonchev–Trinajstić information content (AvgIpc) is 3.26. The summed E-state index contributed by atoms with van der Waals surface area (Å²) in [6, 6.07) is 16.0. The molecule has 0 atom stereocenters. The minimum Gasteiger partial charge on any atom is -0.462 e. The topological polar surface area (TPSA) is 46.6 Å². The lowest BCUT2D eigenvalue weighted by Crippen LogP contribution is -2.55. The predicted octanol–water partition coefficient (Wildman–Crippen LogP) is 7.37. The molecule has 2 aliphatic heterocycles. The molecular formula is C28H29NO3S3. The molecule has 2 heterocycles. The van der Waals surface area contributed by atoms with Crippen molar-refractivity contribution < 1.29 is 14.3 Å². The summed E-state index contributed by atoms with van der Waals surface area (Å²) in [6.07, 6.45) is 1.23. The van der Waals surface area contributed by atoms with Gasteiger partial charge in [0.1, 0.15) is 4.91 Å². The quantitative estimate of drug-likeness (QED) is 0.232. The number of hydrogen-bond acceptors (Lipinski definition) is 6. The van der Waals surface area contributed by atoms with Crippen LogP contribution >= 0.6 is 35.7 Å². The lowest BCUT2D eigenvalue weighted by atomic mass is 9.82. The Labute approximate surface area is 221 Å². The van der Waals surface area contributed by atoms with Crippen LogP contribution in [-0.2, 0) is 14.3 Å². The van der Waals surface area contributed by atoms with E-state index in [1.165, 1.54) is 11.8 Å². The SMILES string of the molecule is CCCC(=O)N1c2ccc(C)cc2/C(=C2/SC(C(=O)OCC)=C(c3ccccc3)S2)C(=S)C1(C)C. The van der Waals surface area contributed by atoms with E-state index in [4.69, 9.17) is 17.0 Å². The van der Waals surface area contributed by atoms with Gasteiger partial charge in [0.15, 0.2) is 0 Å². The van der Waals surface area contributed by atoms with Crippen LogP contribution in [0.15, 0.2) is 57.7 Å². The van der Waals surface area contributed by atoms with Crippen molar-refractivity contribution in [3.63, 3.8) is 0 Å². The Morgan fingerprint density at radius 1 is 1.06 bits per heavy atom. The smallest absolute Gasteiger partial charge is 0.346 e. The Morgan fingerprint density at radius 3 is 2.43 bits per heavy atom. The third-order valence-electron chi connectivity index (χ3n) is 6.01. The molecule has 0 aliphatic carbocycles. The molecular weight excluding hydrogens is 495 g/mol. The van der Waals surface area contributed by atoms with Gasteiger partial charge in [0.05, 0.1) is 26.9 Å². The van der Waals surface area contributed by atoms with Crippen LogP contribution in [-0.4, -0.2) is 28.9 Å². The van der Waals surface area contributed by atoms with Gasteiger partial charge in [0.25, 0.3) is 0 Å². The molecule has 0 aromatic heterocycles. The number of fused-ring (bicyclic) bond motifs is 1. The maximum Gasteiger partial charge on any atom is 0.346 e. The molecule has 2 aromatic carbocycles. The number of nitrogens with zero attached hydrogens (tertiary/aromatic N) is 1. The van der Waals surface area contributed by atoms with E-state index >= 15 is 0 Å². The standard InChI is InChI=1S/C28H29NO3S3/c1-6-11-21(30)29-20-15-14-17(3)16-19(20)22(25(33)28(29,4)5)27-34-23(18-12-9-8-10-13-18)24(35-27)26(31)32-7-2/h8-10,12-16H,6-7,11H2,1-5H3/b27-22-. The van der Waals surface area contributed by atoms with E-state index in [2.05, 4.69) is 6.07 Å². The summed E-state index contributed by atoms with van der Waals surface area (Å²) >= 11 is 9.07. The van der Waals surface area contributed by atoms with Crippen LogP contribution < -0.4 is 4.90 Å². The second-order valence-corrected chi connectivity index (χ2v) is 11.7. The Morgan fingerprint density at radius 2 is 1.77 bits per heavy atom. The van der Waals surface area contributed by atoms with Crippen LogP contribution in [0.1, 0.15) is 57.2 Å². The Hall–Kier alpha value is -2.35. The van der Waals surface area contributed by atoms with Gasteiger partial charge >= 0.3 is 5.97 Å². The molecule has 4 rings (SSSR count). The lowest BCUT2D eigenvalue weighted by Gasteiger charge is -2.45. The van der Waals surface area contributed by atoms with Gasteiger partial charge in [0.2, 0.25) is 5.91 Å². The highest BCUT2D eigenvalue weighted by molar-refractivity contribution is 8.32. The third-order valence-corrected chi connectivity index (χ3v) is 9.34. The van der Waals surface area contributed by atoms with Gasteiger partial charge in [-0.05, 0) is 51.8 Å². The van der Waals surface area contributed by atoms with E-state index in [-0.39, 0.29) is 11.9 Å². The molecule has 0 N–H and O–H groups in total. The van der Waals surface area contributed by atoms with E-state index in [1.54, 1.807) is 11.8 Å². The lowest BCUT2D eigenvalue weighted by molar-refractivity contribution is -0.137. The number of carbonyl (C=O) groups excluding carboxylic acids is 2. The summed E-state index contributed by atoms with van der Waals surface area (Å²) < 4.78 is 6.35. The number of amides is 1. The summed E-state index contributed by atoms with van der Waals surface area (Å²) in [6.45, 7) is 10.2. The molecule has 1 amide bonds. The van der Waals surface area contributed by atoms with E-state index in [0.29, 0.717) is 22.8 Å². The Kier molecular flexibility index (Phi) is 7.60. The first-order valence-corrected chi connectivity index (χ1v) is 13.8. The van der Waals surface area contributed by atoms with Crippen molar-refractivity contribution in [1.29, 1.82) is 0 Å². The summed E-state index contributed by atoms with van der Waals surface area (Å²) in [4.78, 5) is 30.2. The normalized spacial score (nSPS) is 19.1. The molecule has 182 valence electrons. The number of benzene rings is 2. The van der Waals surface area contributed by atoms with E-state index in [0.717, 1.165) is 43.5 Å². The van der Waals surface area contributed by atoms with E-state index in [1.807, 2.05) is 82.0 Å². The summed E-state index contributed by atoms with van der Waals surface area (Å²) in [5.74, 6) is -0.263. The van der Waals surface area contributed by atoms with Gasteiger partial charge in [0, 0.05) is 22.5 Å². The molecule has 0 unspecified atom stereocenters. The van der Waals surface area contributed by atoms with Crippen molar-refractivity contribution in [1.82, 2.24) is 0 Å². The number of ether oxygens (including phenoxy) is 1. The molecule has 2 aromatic rings. The molecule has 0 radical (unpaired) electrons. The van der Waals surface area contributed by atoms with Gasteiger partial charge in [-0.25, -0.2) is 4.79 Å². The zero-order valence-corrected chi connectivity index (χ0v) is 23.1. The Balaban J connectivity index is 1.91. The first kappa shape index (κ1) is 25.7. The van der Waals surface area contributed by atoms with Gasteiger partial charge in [-0.15, -0.1) is 0 Å². The molecule has 0 bridgehead atoms. The van der Waals surface area contributed by atoms with Gasteiger partial charge < -0.3 is 9.64 Å². The van der Waals surface area contributed by atoms with Gasteiger partial charge in [-0.3, -0.25) is 4.79 Å². The summed E-state index contributed by atoms with van der Waals surface area (Å²) in [5.41, 5.74) is 4.09. The molecule has 7 heteroatoms. The van der Waals surface area contributed by atoms with Gasteiger partial charge in [-0.2, -0.15) is 0 Å². The zero-order chi connectivity index (χ0) is 25.3. The minimum atomic E-state index is -0.688. The summed E-state index contributed by atoms with van der Waals surface area (Å²) in [7, 11) is 0. The number of carbonyl (C=O) groups is 2. The maximum absolute atomic E-state index is 13.3. The van der Waals surface area contributed by atoms with E-state index in [9.17, 15) is 9.59 Å². The second-order valence-electron chi connectivity index (χ2n) is 9.00. The van der Waals surface area contributed by atoms with Crippen molar-refractivity contribution in [2.45, 2.75) is 53.0 Å². The van der Waals surface area contributed by atoms with Crippen LogP contribution in [0.5, 0.6) is 0 Å². The largest absolute Gasteiger partial charge is 0.462 e. The number of esters is 1. The number of rotatable bonds is 5. The fourth-order valence-electron chi connectivity index (χ4n) is 4.36. The highest BCUT2D eigenvalue weighted by atomic mass is 32.2. The van der Waals surface area contributed by atoms with Crippen LogP contribution in [0.4, 0.5) is 5.69 Å². The van der Waals surface area contributed by atoms with Crippen molar-refractivity contribution in [2.24, 2.45) is 0 Å². The number of thioether (sulfide) groups is 2. The van der Waals surface area contributed by atoms with Crippen molar-refractivity contribution in [3.05, 3.63) is 74.4 Å². The molecule has 0 spiro atoms. The monoisotopic (exact) mass is 523 g/mol. The molecule has 0 saturated carbocycles. The summed E-state index contributed by atoms with van der Waals surface area (Å²) in [5, 5.41) is 0. The average molecular weight is 524 g/mol. The van der Waals surface area contributed by atoms with Gasteiger partial charge in [-0.1, -0.05) is 84.6 Å². The highest BCUT2D eigenvalue weighted by Gasteiger charge is 2.45. The fraction of sp³-hybridized carbons (Fsp3) is 0.321. The molecule has 35 heavy (non-hydrogen) atoms. The van der Waals surface area contributed by atoms with Crippen LogP contribution in [0.3, 0.4) is 0 Å². The number of hydrogen-bond donors (Lipinski definition) is 0. The molecule has 4 nitrogen and oxygen atoms in total. The first-order valence-electron chi connectivity index (χ1n) is 11.8. The van der Waals surface area contributed by atoms with Crippen LogP contribution in [0, 0.1) is 6.92 Å². The van der Waals surface area contributed by atoms with Crippen molar-refractivity contribution in [2.75, 3.05) is 11.5 Å². The minimum absolute atomic E-state index is 0.0658. The Bertz CT molecular complexity index is 1260. The van der Waals surface area contributed by atoms with Crippen molar-refractivity contribution in [3.8, 4) is 0 Å². The molecule has 0 fully saturated rings. The number of aryl methyl sites for hydroxylation is 1. The maximum atomic E-state index is 13.3. The predicted molar refractivity (Wildman–Crippen MR) is 152 cm³/mol. The fourth-order valence-corrected chi connectivity index (χ4v) is 7.49. The van der Waals surface area contributed by atoms with E-state index < -0.39 is 5.54 Å². The highest BCUT2D eigenvalue weighted by Crippen LogP contribution is 2.58. The number of thiocarbonyl (C=S) groups is 1. The molecule has 2 aliphatic rings. The molecule has 0 saturated heterocycles. The second kappa shape index (κ2) is 10.3. The zero-order valence-electron chi connectivity index (χ0n) is 20.6. The van der Waals surface area contributed by atoms with Crippen molar-refractivity contribution >= 4 is 68.6 Å². The first-order chi connectivity index (χ1) is 16.7. The van der Waals surface area contributed by atoms with Crippen LogP contribution in [0.25, 0.3) is 10.5 Å². The third kappa shape index (κ3) is 4.74.